The fourth-order valence-corrected chi connectivity index (χ4v) is 1.43. The Kier molecular flexibility index (Phi) is 4.56. The van der Waals surface area contributed by atoms with Gasteiger partial charge in [0.15, 0.2) is 0 Å². The zero-order chi connectivity index (χ0) is 11.3. The van der Waals surface area contributed by atoms with E-state index >= 15 is 0 Å². The Morgan fingerprint density at radius 2 is 2.07 bits per heavy atom. The number of nitrogens with two attached hydrogens (primary N) is 1. The first kappa shape index (κ1) is 12.0. The minimum atomic E-state index is 0.0648. The van der Waals surface area contributed by atoms with E-state index in [1.54, 1.807) is 13.3 Å². The van der Waals surface area contributed by atoms with Crippen molar-refractivity contribution in [3.8, 4) is 5.75 Å². The first-order valence-electron chi connectivity index (χ1n) is 5.38. The number of hydrogen-bond donors (Lipinski definition) is 1. The first-order chi connectivity index (χ1) is 7.13. The van der Waals surface area contributed by atoms with Crippen LogP contribution >= 0.6 is 0 Å². The second kappa shape index (κ2) is 5.71. The van der Waals surface area contributed by atoms with E-state index < -0.39 is 0 Å². The molecule has 3 heteroatoms. The normalized spacial score (nSPS) is 12.9. The summed E-state index contributed by atoms with van der Waals surface area (Å²) in [7, 11) is 1.64. The van der Waals surface area contributed by atoms with Gasteiger partial charge >= 0.3 is 0 Å². The lowest BCUT2D eigenvalue weighted by molar-refractivity contribution is 0.411. The van der Waals surface area contributed by atoms with E-state index in [2.05, 4.69) is 18.8 Å². The van der Waals surface area contributed by atoms with Gasteiger partial charge in [-0.2, -0.15) is 0 Å². The smallest absolute Gasteiger partial charge is 0.137 e. The zero-order valence-corrected chi connectivity index (χ0v) is 9.73. The molecule has 1 unspecified atom stereocenters. The van der Waals surface area contributed by atoms with E-state index in [-0.39, 0.29) is 6.04 Å². The van der Waals surface area contributed by atoms with Gasteiger partial charge in [-0.3, -0.25) is 4.98 Å². The summed E-state index contributed by atoms with van der Waals surface area (Å²) in [6.45, 7) is 4.41. The SMILES string of the molecule is COc1cncc(C(N)CCC(C)C)c1. The van der Waals surface area contributed by atoms with E-state index in [9.17, 15) is 0 Å². The molecule has 15 heavy (non-hydrogen) atoms. The fraction of sp³-hybridized carbons (Fsp3) is 0.583. The molecule has 1 atom stereocenters. The van der Waals surface area contributed by atoms with Gasteiger partial charge in [0.2, 0.25) is 0 Å². The summed E-state index contributed by atoms with van der Waals surface area (Å²) < 4.78 is 5.11. The van der Waals surface area contributed by atoms with Gasteiger partial charge in [0.1, 0.15) is 5.75 Å². The highest BCUT2D eigenvalue weighted by atomic mass is 16.5. The van der Waals surface area contributed by atoms with Crippen LogP contribution in [0.25, 0.3) is 0 Å². The maximum atomic E-state index is 6.07. The maximum Gasteiger partial charge on any atom is 0.137 e. The quantitative estimate of drug-likeness (QED) is 0.808. The van der Waals surface area contributed by atoms with Crippen LogP contribution in [0.15, 0.2) is 18.5 Å². The van der Waals surface area contributed by atoms with E-state index in [4.69, 9.17) is 10.5 Å². The number of hydrogen-bond acceptors (Lipinski definition) is 3. The molecule has 0 saturated heterocycles. The van der Waals surface area contributed by atoms with Gasteiger partial charge in [-0.25, -0.2) is 0 Å². The topological polar surface area (TPSA) is 48.1 Å². The summed E-state index contributed by atoms with van der Waals surface area (Å²) in [4.78, 5) is 4.10. The Balaban J connectivity index is 2.60. The third kappa shape index (κ3) is 3.88. The minimum absolute atomic E-state index is 0.0648. The lowest BCUT2D eigenvalue weighted by Crippen LogP contribution is -2.11. The second-order valence-electron chi connectivity index (χ2n) is 4.24. The zero-order valence-electron chi connectivity index (χ0n) is 9.73. The van der Waals surface area contributed by atoms with Gasteiger partial charge in [-0.1, -0.05) is 13.8 Å². The van der Waals surface area contributed by atoms with Crippen LogP contribution in [-0.4, -0.2) is 12.1 Å². The van der Waals surface area contributed by atoms with Crippen LogP contribution in [-0.2, 0) is 0 Å². The predicted molar refractivity (Wildman–Crippen MR) is 61.8 cm³/mol. The monoisotopic (exact) mass is 208 g/mol. The Labute approximate surface area is 91.7 Å². The van der Waals surface area contributed by atoms with Crippen molar-refractivity contribution in [2.45, 2.75) is 32.7 Å². The van der Waals surface area contributed by atoms with Crippen LogP contribution in [0.1, 0.15) is 38.3 Å². The van der Waals surface area contributed by atoms with Gasteiger partial charge in [0, 0.05) is 12.2 Å². The largest absolute Gasteiger partial charge is 0.495 e. The summed E-state index contributed by atoms with van der Waals surface area (Å²) in [5.74, 6) is 1.46. The molecule has 2 N–H and O–H groups in total. The average molecular weight is 208 g/mol. The van der Waals surface area contributed by atoms with Crippen LogP contribution in [0.5, 0.6) is 5.75 Å². The first-order valence-corrected chi connectivity index (χ1v) is 5.38. The average Bonchev–Trinajstić information content (AvgIpc) is 2.26. The lowest BCUT2D eigenvalue weighted by atomic mass is 9.99. The molecule has 0 aliphatic rings. The number of ether oxygens (including phenoxy) is 1. The third-order valence-corrected chi connectivity index (χ3v) is 2.45. The molecule has 0 amide bonds. The summed E-state index contributed by atoms with van der Waals surface area (Å²) in [6.07, 6.45) is 5.64. The fourth-order valence-electron chi connectivity index (χ4n) is 1.43. The Morgan fingerprint density at radius 3 is 2.67 bits per heavy atom. The summed E-state index contributed by atoms with van der Waals surface area (Å²) >= 11 is 0. The summed E-state index contributed by atoms with van der Waals surface area (Å²) in [5, 5.41) is 0. The Morgan fingerprint density at radius 1 is 1.33 bits per heavy atom. The van der Waals surface area contributed by atoms with Crippen molar-refractivity contribution in [1.29, 1.82) is 0 Å². The molecule has 0 bridgehead atoms. The molecule has 1 heterocycles. The van der Waals surface area contributed by atoms with Crippen LogP contribution in [0.4, 0.5) is 0 Å². The maximum absolute atomic E-state index is 6.07. The summed E-state index contributed by atoms with van der Waals surface area (Å²) in [6, 6.07) is 2.02. The van der Waals surface area contributed by atoms with Gasteiger partial charge in [0.05, 0.1) is 13.3 Å². The molecule has 1 aromatic heterocycles. The molecule has 0 aliphatic carbocycles. The van der Waals surface area contributed by atoms with Crippen molar-refractivity contribution in [1.82, 2.24) is 4.98 Å². The number of methoxy groups -OCH3 is 1. The van der Waals surface area contributed by atoms with E-state index in [1.165, 1.54) is 0 Å². The number of aromatic nitrogens is 1. The van der Waals surface area contributed by atoms with Crippen LogP contribution in [0.2, 0.25) is 0 Å². The van der Waals surface area contributed by atoms with Gasteiger partial charge < -0.3 is 10.5 Å². The van der Waals surface area contributed by atoms with Crippen LogP contribution < -0.4 is 10.5 Å². The van der Waals surface area contributed by atoms with Crippen molar-refractivity contribution >= 4 is 0 Å². The van der Waals surface area contributed by atoms with Crippen molar-refractivity contribution in [3.63, 3.8) is 0 Å². The van der Waals surface area contributed by atoms with E-state index in [0.29, 0.717) is 5.92 Å². The molecule has 0 aromatic carbocycles. The van der Waals surface area contributed by atoms with Crippen LogP contribution in [0.3, 0.4) is 0 Å². The van der Waals surface area contributed by atoms with Gasteiger partial charge in [0.25, 0.3) is 0 Å². The van der Waals surface area contributed by atoms with Crippen molar-refractivity contribution in [2.24, 2.45) is 11.7 Å². The number of rotatable bonds is 5. The Hall–Kier alpha value is -1.09. The molecule has 84 valence electrons. The van der Waals surface area contributed by atoms with Gasteiger partial charge in [-0.15, -0.1) is 0 Å². The molecule has 0 aliphatic heterocycles. The molecule has 0 fully saturated rings. The number of pyridine rings is 1. The third-order valence-electron chi connectivity index (χ3n) is 2.45. The molecule has 0 radical (unpaired) electrons. The summed E-state index contributed by atoms with van der Waals surface area (Å²) in [5.41, 5.74) is 7.12. The highest BCUT2D eigenvalue weighted by molar-refractivity contribution is 5.25. The molecule has 1 aromatic rings. The highest BCUT2D eigenvalue weighted by Crippen LogP contribution is 2.20. The molecular weight excluding hydrogens is 188 g/mol. The van der Waals surface area contributed by atoms with Crippen molar-refractivity contribution in [2.75, 3.05) is 7.11 Å². The van der Waals surface area contributed by atoms with Crippen LogP contribution in [0, 0.1) is 5.92 Å². The Bertz CT molecular complexity index is 299. The molecule has 0 spiro atoms. The van der Waals surface area contributed by atoms with Crippen molar-refractivity contribution < 1.29 is 4.74 Å². The number of nitrogens with zero attached hydrogens (tertiary/aromatic N) is 1. The molecule has 1 rings (SSSR count). The van der Waals surface area contributed by atoms with E-state index in [1.807, 2.05) is 12.3 Å². The predicted octanol–water partition coefficient (Wildman–Crippen LogP) is 2.53. The second-order valence-corrected chi connectivity index (χ2v) is 4.24. The standard InChI is InChI=1S/C12H20N2O/c1-9(2)4-5-12(13)10-6-11(15-3)8-14-7-10/h6-9,12H,4-5,13H2,1-3H3. The van der Waals surface area contributed by atoms with E-state index in [0.717, 1.165) is 24.2 Å². The van der Waals surface area contributed by atoms with Gasteiger partial charge in [-0.05, 0) is 30.4 Å². The molecule has 0 saturated carbocycles. The van der Waals surface area contributed by atoms with Crippen molar-refractivity contribution in [3.05, 3.63) is 24.0 Å². The minimum Gasteiger partial charge on any atom is -0.495 e. The molecule has 3 nitrogen and oxygen atoms in total. The molecular formula is C12H20N2O. The highest BCUT2D eigenvalue weighted by Gasteiger charge is 2.08. The lowest BCUT2D eigenvalue weighted by Gasteiger charge is -2.13.